The molecule has 0 aromatic rings. The first-order chi connectivity index (χ1) is 14.6. The van der Waals surface area contributed by atoms with Crippen LogP contribution in [0.5, 0.6) is 0 Å². The lowest BCUT2D eigenvalue weighted by atomic mass is 10.5. The molecule has 2 unspecified atom stereocenters. The maximum absolute atomic E-state index is 5.50. The second-order valence-electron chi connectivity index (χ2n) is 7.30. The summed E-state index contributed by atoms with van der Waals surface area (Å²) in [5.74, 6) is 0. The molecule has 0 fully saturated rings. The molecular formula is C18H48N9P3. The molecule has 0 aromatic carbocycles. The summed E-state index contributed by atoms with van der Waals surface area (Å²) >= 11 is 0. The molecule has 180 valence electrons. The van der Waals surface area contributed by atoms with E-state index in [1.165, 1.54) is 0 Å². The molecule has 0 saturated carbocycles. The maximum atomic E-state index is 5.50. The zero-order chi connectivity index (χ0) is 22.2. The maximum Gasteiger partial charge on any atom is 0.189 e. The topological polar surface area (TPSA) is 91.0 Å². The Morgan fingerprint density at radius 3 is 1.67 bits per heavy atom. The number of rotatable bonds is 18. The van der Waals surface area contributed by atoms with Gasteiger partial charge in [-0.05, 0) is 38.5 Å². The summed E-state index contributed by atoms with van der Waals surface area (Å²) in [6.45, 7) is 19.1. The van der Waals surface area contributed by atoms with Crippen molar-refractivity contribution in [1.29, 1.82) is 0 Å². The highest BCUT2D eigenvalue weighted by Crippen LogP contribution is 2.70. The summed E-state index contributed by atoms with van der Waals surface area (Å²) in [7, 11) is -3.81. The Bertz CT molecular complexity index is 472. The van der Waals surface area contributed by atoms with E-state index < -0.39 is 24.3 Å². The van der Waals surface area contributed by atoms with Crippen molar-refractivity contribution in [1.82, 2.24) is 40.3 Å². The second kappa shape index (κ2) is 17.3. The van der Waals surface area contributed by atoms with Crippen LogP contribution in [-0.2, 0) is 0 Å². The zero-order valence-electron chi connectivity index (χ0n) is 20.2. The molecule has 12 heteroatoms. The van der Waals surface area contributed by atoms with E-state index in [9.17, 15) is 0 Å². The van der Waals surface area contributed by atoms with E-state index in [2.05, 4.69) is 81.8 Å². The lowest BCUT2D eigenvalue weighted by molar-refractivity contribution is 0.415. The molecular weight excluding hydrogens is 435 g/mol. The van der Waals surface area contributed by atoms with Crippen LogP contribution >= 0.6 is 24.3 Å². The lowest BCUT2D eigenvalue weighted by Crippen LogP contribution is -2.51. The summed E-state index contributed by atoms with van der Waals surface area (Å²) in [5, 5.41) is 15.3. The van der Waals surface area contributed by atoms with Gasteiger partial charge in [0.15, 0.2) is 24.3 Å². The largest absolute Gasteiger partial charge is 0.268 e. The number of nitrogens with one attached hydrogen (secondary N) is 6. The molecule has 1 rings (SSSR count). The van der Waals surface area contributed by atoms with Gasteiger partial charge in [-0.1, -0.05) is 41.5 Å². The number of hydrogen-bond acceptors (Lipinski definition) is 9. The average molecular weight is 484 g/mol. The van der Waals surface area contributed by atoms with Gasteiger partial charge in [0, 0.05) is 39.3 Å². The highest BCUT2D eigenvalue weighted by Gasteiger charge is 2.45. The zero-order valence-corrected chi connectivity index (χ0v) is 22.9. The molecule has 0 amide bonds. The molecule has 0 aromatic heterocycles. The Morgan fingerprint density at radius 2 is 1.13 bits per heavy atom. The van der Waals surface area contributed by atoms with E-state index in [1.807, 2.05) is 0 Å². The molecule has 6 N–H and O–H groups in total. The van der Waals surface area contributed by atoms with Crippen LogP contribution in [0.3, 0.4) is 0 Å². The summed E-state index contributed by atoms with van der Waals surface area (Å²) < 4.78 is 10.3. The highest BCUT2D eigenvalue weighted by molar-refractivity contribution is 7.82. The third-order valence-electron chi connectivity index (χ3n) is 4.20. The number of hydrogen-bond donors (Lipinski definition) is 6. The Labute approximate surface area is 188 Å². The summed E-state index contributed by atoms with van der Waals surface area (Å²) in [6, 6.07) is 0. The van der Waals surface area contributed by atoms with Gasteiger partial charge < -0.3 is 0 Å². The SMILES string of the molecule is CCCNN1P(NCCC)N=P(NCCC)(NCCC)N(NCCC)P1NCCC. The van der Waals surface area contributed by atoms with Gasteiger partial charge in [0.1, 0.15) is 0 Å². The minimum atomic E-state index is -2.13. The first-order valence-corrected chi connectivity index (χ1v) is 16.1. The van der Waals surface area contributed by atoms with Crippen molar-refractivity contribution in [3.05, 3.63) is 0 Å². The first-order valence-electron chi connectivity index (χ1n) is 11.9. The van der Waals surface area contributed by atoms with Gasteiger partial charge in [-0.15, -0.1) is 9.10 Å². The second-order valence-corrected chi connectivity index (χ2v) is 13.9. The third kappa shape index (κ3) is 8.96. The van der Waals surface area contributed by atoms with Gasteiger partial charge >= 0.3 is 0 Å². The van der Waals surface area contributed by atoms with E-state index in [0.29, 0.717) is 0 Å². The molecule has 0 spiro atoms. The summed E-state index contributed by atoms with van der Waals surface area (Å²) in [5.41, 5.74) is 7.45. The van der Waals surface area contributed by atoms with Crippen LogP contribution in [0, 0.1) is 0 Å². The van der Waals surface area contributed by atoms with Gasteiger partial charge in [0.25, 0.3) is 0 Å². The lowest BCUT2D eigenvalue weighted by Gasteiger charge is -2.50. The average Bonchev–Trinajstić information content (AvgIpc) is 2.76. The van der Waals surface area contributed by atoms with E-state index in [4.69, 9.17) is 4.52 Å². The minimum Gasteiger partial charge on any atom is -0.268 e. The molecule has 30 heavy (non-hydrogen) atoms. The molecule has 0 aliphatic carbocycles. The molecule has 0 radical (unpaired) electrons. The van der Waals surface area contributed by atoms with Crippen molar-refractivity contribution >= 4 is 24.3 Å². The van der Waals surface area contributed by atoms with E-state index in [1.54, 1.807) is 0 Å². The Morgan fingerprint density at radius 1 is 0.633 bits per heavy atom. The molecule has 9 nitrogen and oxygen atoms in total. The van der Waals surface area contributed by atoms with Crippen molar-refractivity contribution in [2.45, 2.75) is 80.1 Å². The van der Waals surface area contributed by atoms with Gasteiger partial charge in [-0.2, -0.15) is 0 Å². The molecule has 1 aliphatic heterocycles. The van der Waals surface area contributed by atoms with Crippen LogP contribution < -0.4 is 31.2 Å². The van der Waals surface area contributed by atoms with E-state index in [0.717, 1.165) is 77.8 Å². The Hall–Kier alpha value is 0.770. The van der Waals surface area contributed by atoms with Crippen molar-refractivity contribution < 1.29 is 0 Å². The first kappa shape index (κ1) is 28.8. The van der Waals surface area contributed by atoms with Gasteiger partial charge in [-0.25, -0.2) is 15.4 Å². The Balaban J connectivity index is 3.46. The van der Waals surface area contributed by atoms with E-state index in [-0.39, 0.29) is 0 Å². The molecule has 0 bridgehead atoms. The fourth-order valence-electron chi connectivity index (χ4n) is 2.65. The van der Waals surface area contributed by atoms with Crippen molar-refractivity contribution in [2.24, 2.45) is 4.52 Å². The predicted octanol–water partition coefficient (Wildman–Crippen LogP) is 4.83. The minimum absolute atomic E-state index is 0.813. The summed E-state index contributed by atoms with van der Waals surface area (Å²) in [4.78, 5) is 0. The van der Waals surface area contributed by atoms with E-state index >= 15 is 0 Å². The molecule has 0 saturated heterocycles. The highest BCUT2D eigenvalue weighted by atomic mass is 31.3. The normalized spacial score (nSPS) is 22.3. The van der Waals surface area contributed by atoms with Gasteiger partial charge in [0.2, 0.25) is 0 Å². The number of hydrazine groups is 2. The summed E-state index contributed by atoms with van der Waals surface area (Å²) in [6.07, 6.45) is 6.56. The third-order valence-corrected chi connectivity index (χ3v) is 12.8. The van der Waals surface area contributed by atoms with Crippen LogP contribution in [0.25, 0.3) is 0 Å². The van der Waals surface area contributed by atoms with Crippen molar-refractivity contribution in [3.63, 3.8) is 0 Å². The Kier molecular flexibility index (Phi) is 16.6. The smallest absolute Gasteiger partial charge is 0.189 e. The molecule has 1 heterocycles. The molecule has 1 aliphatic rings. The van der Waals surface area contributed by atoms with Gasteiger partial charge in [-0.3, -0.25) is 20.3 Å². The monoisotopic (exact) mass is 483 g/mol. The van der Waals surface area contributed by atoms with Crippen LogP contribution in [0.2, 0.25) is 0 Å². The standard InChI is InChI=1S/C18H48N9P3/c1-7-13-19-26-28(21-15-9-3)25-30(23-17-11-5,24-18-12-6)27(20-14-8-2)29(26)22-16-10-4/h19-24H,7-18H2,1-6H3. The van der Waals surface area contributed by atoms with Crippen molar-refractivity contribution in [2.75, 3.05) is 39.3 Å². The van der Waals surface area contributed by atoms with Crippen LogP contribution in [0.4, 0.5) is 0 Å². The van der Waals surface area contributed by atoms with Crippen LogP contribution in [0.1, 0.15) is 80.1 Å². The molecule has 2 atom stereocenters. The fourth-order valence-corrected chi connectivity index (χ4v) is 12.8. The van der Waals surface area contributed by atoms with Crippen LogP contribution in [0.15, 0.2) is 4.52 Å². The van der Waals surface area contributed by atoms with Crippen LogP contribution in [-0.4, -0.2) is 48.4 Å². The quantitative estimate of drug-likeness (QED) is 0.155. The van der Waals surface area contributed by atoms with Crippen molar-refractivity contribution in [3.8, 4) is 0 Å². The number of nitrogens with zero attached hydrogens (tertiary/aromatic N) is 3. The fraction of sp³-hybridized carbons (Fsp3) is 1.00. The predicted molar refractivity (Wildman–Crippen MR) is 137 cm³/mol. The van der Waals surface area contributed by atoms with Gasteiger partial charge in [0.05, 0.1) is 0 Å².